The van der Waals surface area contributed by atoms with Crippen LogP contribution in [0, 0.1) is 0 Å². The number of aromatic nitrogens is 2. The molecule has 128 valence electrons. The molecule has 2 heterocycles. The van der Waals surface area contributed by atoms with E-state index in [-0.39, 0.29) is 17.3 Å². The summed E-state index contributed by atoms with van der Waals surface area (Å²) in [6.07, 6.45) is 4.38. The second kappa shape index (κ2) is 7.14. The van der Waals surface area contributed by atoms with Gasteiger partial charge in [0.25, 0.3) is 5.91 Å². The van der Waals surface area contributed by atoms with Gasteiger partial charge in [0.05, 0.1) is 4.90 Å². The molecule has 0 saturated carbocycles. The number of hydrogen-bond acceptors (Lipinski definition) is 4. The van der Waals surface area contributed by atoms with Crippen molar-refractivity contribution in [2.24, 2.45) is 0 Å². The summed E-state index contributed by atoms with van der Waals surface area (Å²) in [4.78, 5) is 12.2. The monoisotopic (exact) mass is 348 g/mol. The van der Waals surface area contributed by atoms with Crippen LogP contribution in [0.15, 0.2) is 41.4 Å². The molecule has 1 aromatic heterocycles. The third kappa shape index (κ3) is 3.65. The van der Waals surface area contributed by atoms with E-state index in [2.05, 4.69) is 15.5 Å². The summed E-state index contributed by atoms with van der Waals surface area (Å²) in [5, 5.41) is 9.05. The van der Waals surface area contributed by atoms with Crippen LogP contribution in [0.25, 0.3) is 0 Å². The van der Waals surface area contributed by atoms with Crippen LogP contribution in [0.3, 0.4) is 0 Å². The largest absolute Gasteiger partial charge is 0.347 e. The molecule has 24 heavy (non-hydrogen) atoms. The number of benzene rings is 1. The fourth-order valence-corrected chi connectivity index (χ4v) is 4.32. The number of carbonyl (C=O) groups is 1. The molecule has 0 spiro atoms. The van der Waals surface area contributed by atoms with Crippen molar-refractivity contribution in [2.75, 3.05) is 13.1 Å². The Morgan fingerprint density at radius 3 is 2.71 bits per heavy atom. The van der Waals surface area contributed by atoms with Gasteiger partial charge < -0.3 is 5.32 Å². The molecule has 1 fully saturated rings. The lowest BCUT2D eigenvalue weighted by molar-refractivity contribution is 0.0946. The van der Waals surface area contributed by atoms with Gasteiger partial charge in [0.15, 0.2) is 0 Å². The van der Waals surface area contributed by atoms with E-state index in [0.717, 1.165) is 24.8 Å². The van der Waals surface area contributed by atoms with Gasteiger partial charge in [0, 0.05) is 25.8 Å². The lowest BCUT2D eigenvalue weighted by Gasteiger charge is -2.26. The third-order valence-corrected chi connectivity index (χ3v) is 5.94. The molecule has 1 aliphatic heterocycles. The molecular weight excluding hydrogens is 328 g/mol. The molecular formula is C16H20N4O3S. The Morgan fingerprint density at radius 1 is 1.21 bits per heavy atom. The molecule has 1 aromatic carbocycles. The van der Waals surface area contributed by atoms with Crippen LogP contribution in [0.5, 0.6) is 0 Å². The second-order valence-corrected chi connectivity index (χ2v) is 7.70. The van der Waals surface area contributed by atoms with Crippen molar-refractivity contribution in [3.8, 4) is 0 Å². The van der Waals surface area contributed by atoms with Gasteiger partial charge in [-0.25, -0.2) is 8.42 Å². The maximum absolute atomic E-state index is 12.7. The Hall–Kier alpha value is -2.19. The summed E-state index contributed by atoms with van der Waals surface area (Å²) in [5.74, 6) is -0.281. The van der Waals surface area contributed by atoms with Gasteiger partial charge in [0.1, 0.15) is 5.69 Å². The zero-order valence-electron chi connectivity index (χ0n) is 13.2. The molecule has 0 aliphatic carbocycles. The molecule has 1 amide bonds. The highest BCUT2D eigenvalue weighted by atomic mass is 32.2. The minimum absolute atomic E-state index is 0.251. The number of nitrogens with one attached hydrogen (secondary N) is 2. The zero-order chi connectivity index (χ0) is 17.0. The Labute approximate surface area is 141 Å². The van der Waals surface area contributed by atoms with Crippen LogP contribution in [0.4, 0.5) is 0 Å². The van der Waals surface area contributed by atoms with Gasteiger partial charge in [-0.1, -0.05) is 18.6 Å². The maximum atomic E-state index is 12.7. The van der Waals surface area contributed by atoms with Crippen LogP contribution in [0.2, 0.25) is 0 Å². The predicted octanol–water partition coefficient (Wildman–Crippen LogP) is 1.51. The fourth-order valence-electron chi connectivity index (χ4n) is 2.73. The van der Waals surface area contributed by atoms with Crippen molar-refractivity contribution in [3.63, 3.8) is 0 Å². The van der Waals surface area contributed by atoms with Crippen LogP contribution in [-0.2, 0) is 16.6 Å². The minimum Gasteiger partial charge on any atom is -0.347 e. The summed E-state index contributed by atoms with van der Waals surface area (Å²) in [5.41, 5.74) is 1.10. The number of amides is 1. The number of hydrogen-bond donors (Lipinski definition) is 2. The van der Waals surface area contributed by atoms with Crippen LogP contribution >= 0.6 is 0 Å². The van der Waals surface area contributed by atoms with Gasteiger partial charge in [-0.15, -0.1) is 0 Å². The molecule has 7 nitrogen and oxygen atoms in total. The average Bonchev–Trinajstić information content (AvgIpc) is 3.15. The molecule has 0 atom stereocenters. The van der Waals surface area contributed by atoms with Gasteiger partial charge in [-0.2, -0.15) is 9.40 Å². The van der Waals surface area contributed by atoms with Crippen molar-refractivity contribution < 1.29 is 13.2 Å². The molecule has 8 heteroatoms. The number of H-pyrrole nitrogens is 1. The lowest BCUT2D eigenvalue weighted by Crippen LogP contribution is -2.35. The number of rotatable bonds is 5. The van der Waals surface area contributed by atoms with Crippen LogP contribution < -0.4 is 5.32 Å². The fraction of sp³-hybridized carbons (Fsp3) is 0.375. The number of sulfonamides is 1. The van der Waals surface area contributed by atoms with E-state index in [1.165, 1.54) is 6.20 Å². The summed E-state index contributed by atoms with van der Waals surface area (Å²) in [7, 11) is -3.46. The third-order valence-electron chi connectivity index (χ3n) is 4.05. The number of nitrogens with zero attached hydrogens (tertiary/aromatic N) is 2. The van der Waals surface area contributed by atoms with Crippen molar-refractivity contribution in [1.29, 1.82) is 0 Å². The van der Waals surface area contributed by atoms with Crippen LogP contribution in [-0.4, -0.2) is 41.9 Å². The highest BCUT2D eigenvalue weighted by Gasteiger charge is 2.25. The Balaban J connectivity index is 1.70. The predicted molar refractivity (Wildman–Crippen MR) is 88.8 cm³/mol. The topological polar surface area (TPSA) is 95.2 Å². The van der Waals surface area contributed by atoms with E-state index in [9.17, 15) is 13.2 Å². The molecule has 0 bridgehead atoms. The van der Waals surface area contributed by atoms with Crippen molar-refractivity contribution in [1.82, 2.24) is 19.8 Å². The molecule has 2 aromatic rings. The van der Waals surface area contributed by atoms with Crippen molar-refractivity contribution >= 4 is 15.9 Å². The number of piperidine rings is 1. The first-order valence-electron chi connectivity index (χ1n) is 7.94. The van der Waals surface area contributed by atoms with E-state index in [4.69, 9.17) is 0 Å². The van der Waals surface area contributed by atoms with Gasteiger partial charge in [-0.05, 0) is 36.6 Å². The van der Waals surface area contributed by atoms with Gasteiger partial charge in [-0.3, -0.25) is 9.89 Å². The molecule has 0 radical (unpaired) electrons. The van der Waals surface area contributed by atoms with Gasteiger partial charge in [0.2, 0.25) is 10.0 Å². The van der Waals surface area contributed by atoms with Crippen molar-refractivity contribution in [3.05, 3.63) is 47.8 Å². The number of carbonyl (C=O) groups excluding carboxylic acids is 1. The molecule has 2 N–H and O–H groups in total. The smallest absolute Gasteiger partial charge is 0.269 e. The van der Waals surface area contributed by atoms with E-state index in [1.54, 1.807) is 34.6 Å². The first-order chi connectivity index (χ1) is 11.6. The van der Waals surface area contributed by atoms with E-state index >= 15 is 0 Å². The molecule has 0 unspecified atom stereocenters. The minimum atomic E-state index is -3.46. The highest BCUT2D eigenvalue weighted by Crippen LogP contribution is 2.21. The molecule has 1 saturated heterocycles. The quantitative estimate of drug-likeness (QED) is 0.856. The normalized spacial score (nSPS) is 16.0. The number of aromatic amines is 1. The summed E-state index contributed by atoms with van der Waals surface area (Å²) in [6, 6.07) is 8.30. The summed E-state index contributed by atoms with van der Waals surface area (Å²) in [6.45, 7) is 1.40. The van der Waals surface area contributed by atoms with E-state index < -0.39 is 10.0 Å². The van der Waals surface area contributed by atoms with E-state index in [1.807, 2.05) is 0 Å². The second-order valence-electron chi connectivity index (χ2n) is 5.77. The zero-order valence-corrected chi connectivity index (χ0v) is 14.1. The Kier molecular flexibility index (Phi) is 4.96. The highest BCUT2D eigenvalue weighted by molar-refractivity contribution is 7.89. The maximum Gasteiger partial charge on any atom is 0.269 e. The first kappa shape index (κ1) is 16.7. The Bertz CT molecular complexity index is 796. The lowest BCUT2D eigenvalue weighted by atomic mass is 10.2. The van der Waals surface area contributed by atoms with Crippen molar-refractivity contribution in [2.45, 2.75) is 30.7 Å². The summed E-state index contributed by atoms with van der Waals surface area (Å²) < 4.78 is 26.9. The van der Waals surface area contributed by atoms with E-state index in [0.29, 0.717) is 18.8 Å². The summed E-state index contributed by atoms with van der Waals surface area (Å²) >= 11 is 0. The first-order valence-corrected chi connectivity index (χ1v) is 9.38. The SMILES string of the molecule is O=C(NCc1cccc(S(=O)(=O)N2CCCCC2)c1)c1ccn[nH]1. The van der Waals surface area contributed by atoms with Crippen LogP contribution in [0.1, 0.15) is 35.3 Å². The average molecular weight is 348 g/mol. The Morgan fingerprint density at radius 2 is 2.00 bits per heavy atom. The standard InChI is InChI=1S/C16H20N4O3S/c21-16(15-7-8-18-19-15)17-12-13-5-4-6-14(11-13)24(22,23)20-9-2-1-3-10-20/h4-8,11H,1-3,9-10,12H2,(H,17,21)(H,18,19). The van der Waals surface area contributed by atoms with Gasteiger partial charge >= 0.3 is 0 Å². The molecule has 3 rings (SSSR count). The molecule has 1 aliphatic rings.